The van der Waals surface area contributed by atoms with Gasteiger partial charge in [0.25, 0.3) is 0 Å². The van der Waals surface area contributed by atoms with Crippen molar-refractivity contribution in [3.63, 3.8) is 0 Å². The third-order valence-corrected chi connectivity index (χ3v) is 3.92. The lowest BCUT2D eigenvalue weighted by molar-refractivity contribution is -0.148. The molecule has 1 aromatic heterocycles. The molecule has 0 saturated heterocycles. The van der Waals surface area contributed by atoms with Crippen molar-refractivity contribution in [2.45, 2.75) is 20.0 Å². The highest BCUT2D eigenvalue weighted by Gasteiger charge is 2.31. The summed E-state index contributed by atoms with van der Waals surface area (Å²) in [6, 6.07) is 3.56. The van der Waals surface area contributed by atoms with Gasteiger partial charge in [0.1, 0.15) is 6.10 Å². The van der Waals surface area contributed by atoms with Crippen LogP contribution >= 0.6 is 27.3 Å². The highest BCUT2D eigenvalue weighted by atomic mass is 79.9. The van der Waals surface area contributed by atoms with Gasteiger partial charge in [-0.2, -0.15) is 0 Å². The van der Waals surface area contributed by atoms with E-state index in [1.54, 1.807) is 19.9 Å². The number of carboxylic acids is 1. The summed E-state index contributed by atoms with van der Waals surface area (Å²) in [4.78, 5) is 11.7. The lowest BCUT2D eigenvalue weighted by atomic mass is 9.89. The highest BCUT2D eigenvalue weighted by molar-refractivity contribution is 9.11. The van der Waals surface area contributed by atoms with Gasteiger partial charge < -0.3 is 10.2 Å². The van der Waals surface area contributed by atoms with Gasteiger partial charge in [-0.3, -0.25) is 4.79 Å². The number of thiophene rings is 1. The number of aliphatic carboxylic acids is 1. The summed E-state index contributed by atoms with van der Waals surface area (Å²) in [7, 11) is 0. The molecule has 0 bridgehead atoms. The SMILES string of the molecule is CC(C)C(C(=O)O)C(O)c1ccc(Br)s1. The van der Waals surface area contributed by atoms with Gasteiger partial charge in [-0.25, -0.2) is 0 Å². The predicted molar refractivity (Wildman–Crippen MR) is 62.9 cm³/mol. The van der Waals surface area contributed by atoms with Crippen molar-refractivity contribution in [1.82, 2.24) is 0 Å². The van der Waals surface area contributed by atoms with Crippen LogP contribution in [0.1, 0.15) is 24.8 Å². The maximum absolute atomic E-state index is 11.0. The van der Waals surface area contributed by atoms with E-state index in [1.165, 1.54) is 11.3 Å². The van der Waals surface area contributed by atoms with E-state index < -0.39 is 18.0 Å². The molecule has 1 aromatic rings. The van der Waals surface area contributed by atoms with Gasteiger partial charge in [-0.05, 0) is 34.0 Å². The molecule has 2 atom stereocenters. The number of carboxylic acid groups (broad SMARTS) is 1. The molecule has 1 heterocycles. The quantitative estimate of drug-likeness (QED) is 0.897. The molecule has 2 N–H and O–H groups in total. The summed E-state index contributed by atoms with van der Waals surface area (Å²) in [5, 5.41) is 19.0. The van der Waals surface area contributed by atoms with Crippen molar-refractivity contribution >= 4 is 33.2 Å². The van der Waals surface area contributed by atoms with E-state index in [9.17, 15) is 9.90 Å². The van der Waals surface area contributed by atoms with Crippen LogP contribution in [0, 0.1) is 11.8 Å². The minimum atomic E-state index is -0.956. The van der Waals surface area contributed by atoms with Crippen LogP contribution in [0.5, 0.6) is 0 Å². The average molecular weight is 293 g/mol. The minimum absolute atomic E-state index is 0.0987. The Balaban J connectivity index is 2.90. The first-order valence-electron chi connectivity index (χ1n) is 4.59. The van der Waals surface area contributed by atoms with Gasteiger partial charge in [-0.1, -0.05) is 13.8 Å². The highest BCUT2D eigenvalue weighted by Crippen LogP contribution is 2.34. The van der Waals surface area contributed by atoms with E-state index in [-0.39, 0.29) is 5.92 Å². The van der Waals surface area contributed by atoms with Crippen molar-refractivity contribution in [2.24, 2.45) is 11.8 Å². The summed E-state index contributed by atoms with van der Waals surface area (Å²) in [5.41, 5.74) is 0. The molecule has 0 saturated carbocycles. The first kappa shape index (κ1) is 12.7. The maximum Gasteiger partial charge on any atom is 0.309 e. The molecule has 0 fully saturated rings. The van der Waals surface area contributed by atoms with Gasteiger partial charge in [0, 0.05) is 4.88 Å². The van der Waals surface area contributed by atoms with Crippen LogP contribution in [0.25, 0.3) is 0 Å². The second kappa shape index (κ2) is 5.09. The summed E-state index contributed by atoms with van der Waals surface area (Å²) in [6.07, 6.45) is -0.932. The Morgan fingerprint density at radius 3 is 2.40 bits per heavy atom. The zero-order valence-electron chi connectivity index (χ0n) is 8.48. The fraction of sp³-hybridized carbons (Fsp3) is 0.500. The molecular weight excluding hydrogens is 280 g/mol. The van der Waals surface area contributed by atoms with E-state index in [0.717, 1.165) is 3.79 Å². The standard InChI is InChI=1S/C10H13BrO3S/c1-5(2)8(10(13)14)9(12)6-3-4-7(11)15-6/h3-5,8-9,12H,1-2H3,(H,13,14). The Morgan fingerprint density at radius 2 is 2.07 bits per heavy atom. The number of carbonyl (C=O) groups is 1. The van der Waals surface area contributed by atoms with Crippen LogP contribution in [0.2, 0.25) is 0 Å². The summed E-state index contributed by atoms with van der Waals surface area (Å²) >= 11 is 4.65. The molecule has 1 rings (SSSR count). The van der Waals surface area contributed by atoms with Crippen LogP contribution in [-0.4, -0.2) is 16.2 Å². The maximum atomic E-state index is 11.0. The molecule has 2 unspecified atom stereocenters. The molecule has 84 valence electrons. The number of halogens is 1. The van der Waals surface area contributed by atoms with E-state index in [0.29, 0.717) is 4.88 Å². The number of hydrogen-bond donors (Lipinski definition) is 2. The second-order valence-electron chi connectivity index (χ2n) is 3.69. The average Bonchev–Trinajstić information content (AvgIpc) is 2.50. The Hall–Kier alpha value is -0.390. The van der Waals surface area contributed by atoms with Crippen LogP contribution in [-0.2, 0) is 4.79 Å². The van der Waals surface area contributed by atoms with Crippen molar-refractivity contribution in [3.05, 3.63) is 20.8 Å². The summed E-state index contributed by atoms with van der Waals surface area (Å²) in [5.74, 6) is -1.81. The third-order valence-electron chi connectivity index (χ3n) is 2.23. The molecule has 15 heavy (non-hydrogen) atoms. The number of hydrogen-bond acceptors (Lipinski definition) is 3. The van der Waals surface area contributed by atoms with Crippen LogP contribution in [0.3, 0.4) is 0 Å². The van der Waals surface area contributed by atoms with Crippen LogP contribution in [0.4, 0.5) is 0 Å². The van der Waals surface area contributed by atoms with Gasteiger partial charge in [0.15, 0.2) is 0 Å². The van der Waals surface area contributed by atoms with Crippen molar-refractivity contribution in [1.29, 1.82) is 0 Å². The van der Waals surface area contributed by atoms with Crippen LogP contribution in [0.15, 0.2) is 15.9 Å². The van der Waals surface area contributed by atoms with E-state index >= 15 is 0 Å². The minimum Gasteiger partial charge on any atom is -0.481 e. The Kier molecular flexibility index (Phi) is 4.31. The zero-order chi connectivity index (χ0) is 11.6. The zero-order valence-corrected chi connectivity index (χ0v) is 10.9. The molecule has 5 heteroatoms. The van der Waals surface area contributed by atoms with Crippen molar-refractivity contribution in [3.8, 4) is 0 Å². The first-order valence-corrected chi connectivity index (χ1v) is 6.20. The van der Waals surface area contributed by atoms with Crippen LogP contribution < -0.4 is 0 Å². The third kappa shape index (κ3) is 3.03. The Labute approximate surface area is 101 Å². The van der Waals surface area contributed by atoms with E-state index in [4.69, 9.17) is 5.11 Å². The lowest BCUT2D eigenvalue weighted by Gasteiger charge is -2.21. The van der Waals surface area contributed by atoms with E-state index in [1.807, 2.05) is 6.07 Å². The molecule has 3 nitrogen and oxygen atoms in total. The Bertz CT molecular complexity index is 348. The topological polar surface area (TPSA) is 57.5 Å². The number of rotatable bonds is 4. The molecule has 0 amide bonds. The fourth-order valence-electron chi connectivity index (χ4n) is 1.45. The summed E-state index contributed by atoms with van der Waals surface area (Å²) < 4.78 is 0.893. The lowest BCUT2D eigenvalue weighted by Crippen LogP contribution is -2.26. The van der Waals surface area contributed by atoms with Crippen molar-refractivity contribution < 1.29 is 15.0 Å². The first-order chi connectivity index (χ1) is 6.93. The normalized spacial score (nSPS) is 15.3. The smallest absolute Gasteiger partial charge is 0.309 e. The molecule has 0 aliphatic rings. The van der Waals surface area contributed by atoms with E-state index in [2.05, 4.69) is 15.9 Å². The molecule has 0 aliphatic carbocycles. The van der Waals surface area contributed by atoms with Gasteiger partial charge >= 0.3 is 5.97 Å². The van der Waals surface area contributed by atoms with Gasteiger partial charge in [0.2, 0.25) is 0 Å². The monoisotopic (exact) mass is 292 g/mol. The van der Waals surface area contributed by atoms with Crippen molar-refractivity contribution in [2.75, 3.05) is 0 Å². The summed E-state index contributed by atoms with van der Waals surface area (Å²) in [6.45, 7) is 3.59. The largest absolute Gasteiger partial charge is 0.481 e. The molecule has 0 aromatic carbocycles. The number of aliphatic hydroxyl groups is 1. The molecule has 0 spiro atoms. The Morgan fingerprint density at radius 1 is 1.47 bits per heavy atom. The molecule has 0 radical (unpaired) electrons. The second-order valence-corrected chi connectivity index (χ2v) is 6.19. The van der Waals surface area contributed by atoms with Gasteiger partial charge in [0.05, 0.1) is 9.70 Å². The van der Waals surface area contributed by atoms with Gasteiger partial charge in [-0.15, -0.1) is 11.3 Å². The fourth-order valence-corrected chi connectivity index (χ4v) is 2.91. The predicted octanol–water partition coefficient (Wildman–Crippen LogP) is 2.90. The molecular formula is C10H13BrO3S. The molecule has 0 aliphatic heterocycles. The number of aliphatic hydroxyl groups excluding tert-OH is 1.